The van der Waals surface area contributed by atoms with Gasteiger partial charge in [-0.25, -0.2) is 4.79 Å². The molecule has 3 aromatic carbocycles. The molecule has 5 nitrogen and oxygen atoms in total. The zero-order valence-electron chi connectivity index (χ0n) is 22.5. The number of hydrogen-bond donors (Lipinski definition) is 1. The molecule has 0 aliphatic carbocycles. The van der Waals surface area contributed by atoms with Crippen LogP contribution in [0.2, 0.25) is 5.02 Å². The fraction of sp³-hybridized carbons (Fsp3) is 0.344. The molecule has 0 bridgehead atoms. The molecule has 0 spiro atoms. The number of H-pyrrole nitrogens is 1. The number of halogens is 1. The van der Waals surface area contributed by atoms with Gasteiger partial charge in [0, 0.05) is 33.6 Å². The lowest BCUT2D eigenvalue weighted by molar-refractivity contribution is 0.135. The van der Waals surface area contributed by atoms with E-state index in [2.05, 4.69) is 37.9 Å². The summed E-state index contributed by atoms with van der Waals surface area (Å²) in [6.07, 6.45) is 2.47. The largest absolute Gasteiger partial charge is 0.493 e. The minimum Gasteiger partial charge on any atom is -0.493 e. The number of benzene rings is 3. The van der Waals surface area contributed by atoms with E-state index in [1.165, 1.54) is 5.56 Å². The van der Waals surface area contributed by atoms with Crippen molar-refractivity contribution in [3.63, 3.8) is 0 Å². The second kappa shape index (κ2) is 10.7. The summed E-state index contributed by atoms with van der Waals surface area (Å²) in [5, 5.41) is 1.80. The second-order valence-electron chi connectivity index (χ2n) is 10.6. The topological polar surface area (TPSA) is 54.6 Å². The zero-order valence-corrected chi connectivity index (χ0v) is 23.3. The van der Waals surface area contributed by atoms with Gasteiger partial charge in [-0.05, 0) is 79.8 Å². The maximum Gasteiger partial charge on any atom is 0.416 e. The predicted molar refractivity (Wildman–Crippen MR) is 153 cm³/mol. The van der Waals surface area contributed by atoms with Crippen LogP contribution in [0, 0.1) is 12.3 Å². The Morgan fingerprint density at radius 1 is 1.03 bits per heavy atom. The number of nitrogens with zero attached hydrogens (tertiary/aromatic N) is 1. The van der Waals surface area contributed by atoms with Crippen molar-refractivity contribution < 1.29 is 14.3 Å². The van der Waals surface area contributed by atoms with Gasteiger partial charge in [0.25, 0.3) is 0 Å². The Balaban J connectivity index is 1.48. The summed E-state index contributed by atoms with van der Waals surface area (Å²) in [5.74, 6) is 1.36. The number of aromatic amines is 1. The average Bonchev–Trinajstić information content (AvgIpc) is 3.30. The molecule has 5 rings (SSSR count). The van der Waals surface area contributed by atoms with Crippen LogP contribution in [0.15, 0.2) is 66.7 Å². The second-order valence-corrected chi connectivity index (χ2v) is 11.0. The molecule has 0 fully saturated rings. The number of aromatic nitrogens is 1. The molecule has 6 heteroatoms. The summed E-state index contributed by atoms with van der Waals surface area (Å²) in [4.78, 5) is 18.9. The maximum absolute atomic E-state index is 13.5. The Bertz CT molecular complexity index is 1420. The van der Waals surface area contributed by atoms with Crippen LogP contribution in [-0.4, -0.2) is 29.1 Å². The lowest BCUT2D eigenvalue weighted by Gasteiger charge is -2.35. The molecule has 1 unspecified atom stereocenters. The van der Waals surface area contributed by atoms with E-state index in [1.54, 1.807) is 4.90 Å². The number of carbonyl (C=O) groups excluding carboxylic acids is 1. The highest BCUT2D eigenvalue weighted by atomic mass is 35.5. The molecular weight excluding hydrogens is 496 g/mol. The van der Waals surface area contributed by atoms with Gasteiger partial charge in [-0.15, -0.1) is 0 Å². The van der Waals surface area contributed by atoms with Crippen molar-refractivity contribution in [1.29, 1.82) is 0 Å². The van der Waals surface area contributed by atoms with Gasteiger partial charge in [-0.2, -0.15) is 0 Å². The van der Waals surface area contributed by atoms with E-state index in [1.807, 2.05) is 61.5 Å². The van der Waals surface area contributed by atoms with Gasteiger partial charge in [-0.3, -0.25) is 4.90 Å². The summed E-state index contributed by atoms with van der Waals surface area (Å²) in [6.45, 7) is 9.87. The van der Waals surface area contributed by atoms with Crippen LogP contribution in [0.25, 0.3) is 10.9 Å². The number of fused-ring (bicyclic) bond motifs is 3. The van der Waals surface area contributed by atoms with Crippen molar-refractivity contribution in [1.82, 2.24) is 9.88 Å². The molecule has 1 aliphatic heterocycles. The summed E-state index contributed by atoms with van der Waals surface area (Å²) < 4.78 is 12.0. The third-order valence-corrected chi connectivity index (χ3v) is 8.27. The highest BCUT2D eigenvalue weighted by Gasteiger charge is 2.36. The molecule has 1 N–H and O–H groups in total. The van der Waals surface area contributed by atoms with Gasteiger partial charge >= 0.3 is 6.09 Å². The molecule has 38 heavy (non-hydrogen) atoms. The van der Waals surface area contributed by atoms with E-state index in [0.29, 0.717) is 30.3 Å². The molecule has 2 heterocycles. The Labute approximate surface area is 229 Å². The van der Waals surface area contributed by atoms with Crippen LogP contribution in [0.3, 0.4) is 0 Å². The zero-order chi connectivity index (χ0) is 26.9. The van der Waals surface area contributed by atoms with Crippen molar-refractivity contribution in [2.75, 3.05) is 13.2 Å². The molecule has 1 amide bonds. The minimum atomic E-state index is -0.372. The number of nitrogens with one attached hydrogen (secondary N) is 1. The van der Waals surface area contributed by atoms with Gasteiger partial charge in [-0.1, -0.05) is 62.2 Å². The first-order valence-electron chi connectivity index (χ1n) is 13.4. The molecule has 4 aromatic rings. The Morgan fingerprint density at radius 2 is 1.71 bits per heavy atom. The van der Waals surface area contributed by atoms with Gasteiger partial charge in [0.15, 0.2) is 0 Å². The molecular formula is C32H35ClN2O3. The lowest BCUT2D eigenvalue weighted by Crippen LogP contribution is -2.42. The Kier molecular flexibility index (Phi) is 7.40. The summed E-state index contributed by atoms with van der Waals surface area (Å²) in [6, 6.07) is 21.2. The van der Waals surface area contributed by atoms with Crippen molar-refractivity contribution >= 4 is 28.6 Å². The van der Waals surface area contributed by atoms with Crippen LogP contribution < -0.4 is 9.47 Å². The van der Waals surface area contributed by atoms with Gasteiger partial charge < -0.3 is 14.5 Å². The third kappa shape index (κ3) is 5.25. The fourth-order valence-electron chi connectivity index (χ4n) is 5.03. The van der Waals surface area contributed by atoms with Gasteiger partial charge in [0.05, 0.1) is 6.61 Å². The van der Waals surface area contributed by atoms with Gasteiger partial charge in [0.2, 0.25) is 0 Å². The monoisotopic (exact) mass is 530 g/mol. The smallest absolute Gasteiger partial charge is 0.416 e. The standard InChI is InChI=1S/C32H35ClN2O3/c1-5-32(4,6-2)20-37-24-14-9-22(10-15-24)30-29-26(27-19-23(33)11-16-28(27)34-29)17-18-35(30)31(36)38-25-12-7-21(3)8-13-25/h7-16,19,30,34H,5-6,17-18,20H2,1-4H3. The van der Waals surface area contributed by atoms with E-state index in [0.717, 1.165) is 46.3 Å². The number of amides is 1. The molecule has 0 saturated heterocycles. The normalized spacial score (nSPS) is 15.4. The summed E-state index contributed by atoms with van der Waals surface area (Å²) >= 11 is 6.34. The van der Waals surface area contributed by atoms with Crippen LogP contribution in [0.4, 0.5) is 4.79 Å². The number of aryl methyl sites for hydroxylation is 1. The number of hydrogen-bond acceptors (Lipinski definition) is 3. The van der Waals surface area contributed by atoms with Crippen LogP contribution >= 0.6 is 11.6 Å². The summed E-state index contributed by atoms with van der Waals surface area (Å²) in [5.41, 5.74) is 5.45. The highest BCUT2D eigenvalue weighted by Crippen LogP contribution is 2.40. The lowest BCUT2D eigenvalue weighted by atomic mass is 9.86. The molecule has 1 aliphatic rings. The quantitative estimate of drug-likeness (QED) is 0.260. The first-order valence-corrected chi connectivity index (χ1v) is 13.8. The maximum atomic E-state index is 13.5. The van der Waals surface area contributed by atoms with Crippen molar-refractivity contribution in [3.05, 3.63) is 94.1 Å². The van der Waals surface area contributed by atoms with Gasteiger partial charge in [0.1, 0.15) is 17.5 Å². The SMILES string of the molecule is CCC(C)(CC)COc1ccc(C2c3[nH]c4ccc(Cl)cc4c3CCN2C(=O)Oc2ccc(C)cc2)cc1. The van der Waals surface area contributed by atoms with E-state index in [4.69, 9.17) is 21.1 Å². The first-order chi connectivity index (χ1) is 18.3. The van der Waals surface area contributed by atoms with E-state index in [9.17, 15) is 4.79 Å². The van der Waals surface area contributed by atoms with E-state index < -0.39 is 0 Å². The molecule has 1 aromatic heterocycles. The third-order valence-electron chi connectivity index (χ3n) is 8.04. The van der Waals surface area contributed by atoms with E-state index >= 15 is 0 Å². The van der Waals surface area contributed by atoms with Crippen LogP contribution in [0.5, 0.6) is 11.5 Å². The van der Waals surface area contributed by atoms with Crippen molar-refractivity contribution in [2.45, 2.75) is 53.0 Å². The van der Waals surface area contributed by atoms with Crippen molar-refractivity contribution in [3.8, 4) is 11.5 Å². The van der Waals surface area contributed by atoms with E-state index in [-0.39, 0.29) is 17.6 Å². The van der Waals surface area contributed by atoms with Crippen LogP contribution in [0.1, 0.15) is 62.0 Å². The molecule has 1 atom stereocenters. The molecule has 0 radical (unpaired) electrons. The van der Waals surface area contributed by atoms with Crippen LogP contribution in [-0.2, 0) is 6.42 Å². The minimum absolute atomic E-state index is 0.152. The summed E-state index contributed by atoms with van der Waals surface area (Å²) in [7, 11) is 0. The Hall–Kier alpha value is -3.44. The molecule has 198 valence electrons. The van der Waals surface area contributed by atoms with Crippen molar-refractivity contribution in [2.24, 2.45) is 5.41 Å². The average molecular weight is 531 g/mol. The number of rotatable bonds is 7. The fourth-order valence-corrected chi connectivity index (χ4v) is 5.20. The Morgan fingerprint density at radius 3 is 2.39 bits per heavy atom. The molecule has 0 saturated carbocycles. The predicted octanol–water partition coefficient (Wildman–Crippen LogP) is 8.48. The first kappa shape index (κ1) is 26.2. The highest BCUT2D eigenvalue weighted by molar-refractivity contribution is 6.31. The number of ether oxygens (including phenoxy) is 2. The number of carbonyl (C=O) groups is 1.